The number of carbonyl (C=O) groups is 3. The third-order valence-electron chi connectivity index (χ3n) is 11.5. The third kappa shape index (κ3) is 6.92. The number of nitrogens with one attached hydrogen (secondary N) is 1. The second-order valence-corrected chi connectivity index (χ2v) is 16.1. The topological polar surface area (TPSA) is 116 Å². The Morgan fingerprint density at radius 2 is 1.15 bits per heavy atom. The summed E-state index contributed by atoms with van der Waals surface area (Å²) in [6.45, 7) is 0.287. The zero-order chi connectivity index (χ0) is 41.6. The molecule has 1 heterocycles. The molecule has 0 fully saturated rings. The fraction of sp³-hybridized carbons (Fsp3) is 0.0980. The molecule has 1 aliphatic heterocycles. The van der Waals surface area contributed by atoms with E-state index in [9.17, 15) is 14.4 Å². The van der Waals surface area contributed by atoms with Crippen LogP contribution in [-0.2, 0) is 14.2 Å². The van der Waals surface area contributed by atoms with Gasteiger partial charge in [-0.15, -0.1) is 0 Å². The minimum absolute atomic E-state index is 0.0932. The summed E-state index contributed by atoms with van der Waals surface area (Å²) >= 11 is 2.14. The zero-order valence-electron chi connectivity index (χ0n) is 32.7. The number of hydrogen-bond donors (Lipinski definition) is 1. The van der Waals surface area contributed by atoms with Gasteiger partial charge in [0.05, 0.1) is 18.0 Å². The number of ether oxygens (including phenoxy) is 3. The number of rotatable bonds is 7. The van der Waals surface area contributed by atoms with Crippen LogP contribution in [0.15, 0.2) is 161 Å². The van der Waals surface area contributed by atoms with Crippen LogP contribution in [0.3, 0.4) is 0 Å². The molecule has 9 nitrogen and oxygen atoms in total. The second kappa shape index (κ2) is 15.9. The van der Waals surface area contributed by atoms with Crippen LogP contribution in [0.25, 0.3) is 55.7 Å². The quantitative estimate of drug-likeness (QED) is 0.0732. The largest absolute Gasteiger partial charge is 0.465 e. The highest BCUT2D eigenvalue weighted by molar-refractivity contribution is 14.1. The number of nitrogens with zero attached hydrogens (tertiary/aromatic N) is 1. The van der Waals surface area contributed by atoms with Crippen LogP contribution in [0.5, 0.6) is 0 Å². The molecule has 298 valence electrons. The molecule has 6 aromatic carbocycles. The van der Waals surface area contributed by atoms with Crippen molar-refractivity contribution in [1.82, 2.24) is 0 Å². The van der Waals surface area contributed by atoms with Gasteiger partial charge in [-0.2, -0.15) is 4.99 Å². The van der Waals surface area contributed by atoms with Gasteiger partial charge in [0.25, 0.3) is 0 Å². The first-order chi connectivity index (χ1) is 29.9. The van der Waals surface area contributed by atoms with E-state index in [0.717, 1.165) is 44.5 Å². The van der Waals surface area contributed by atoms with E-state index < -0.39 is 18.2 Å². The van der Waals surface area contributed by atoms with Crippen molar-refractivity contribution in [3.05, 3.63) is 188 Å². The average molecular weight is 915 g/mol. The maximum Gasteiger partial charge on any atom is 0.434 e. The number of fused-ring (bicyclic) bond motifs is 8. The van der Waals surface area contributed by atoms with Crippen LogP contribution < -0.4 is 10.7 Å². The van der Waals surface area contributed by atoms with Crippen molar-refractivity contribution in [2.75, 3.05) is 25.6 Å². The highest BCUT2D eigenvalue weighted by Crippen LogP contribution is 2.46. The molecule has 0 radical (unpaired) electrons. The maximum absolute atomic E-state index is 13.4. The van der Waals surface area contributed by atoms with Crippen LogP contribution in [0, 0.1) is 3.57 Å². The lowest BCUT2D eigenvalue weighted by Crippen LogP contribution is -2.18. The van der Waals surface area contributed by atoms with Gasteiger partial charge in [-0.3, -0.25) is 5.32 Å². The van der Waals surface area contributed by atoms with E-state index in [1.165, 1.54) is 7.11 Å². The van der Waals surface area contributed by atoms with Crippen molar-refractivity contribution in [3.8, 4) is 44.7 Å². The average Bonchev–Trinajstić information content (AvgIpc) is 3.79. The number of carbonyl (C=O) groups excluding carboxylic acids is 3. The minimum Gasteiger partial charge on any atom is -0.465 e. The Balaban J connectivity index is 0.977. The standard InChI is InChI=1S/C51H35IN2O7/c1-58-49(55)39-21-11-10-20-38(39)48-40-23-22-29(53-50(56)59-27-42-34-16-6-2-12-30(34)31-13-3-7-17-35(31)42)24-46(40)61-47-26-45(44(52)25-41(47)48)54-51(57)60-28-43-36-18-8-4-14-32(36)33-15-5-9-19-37(33)43/h2-26,42-43H,27-28H2,1H3,(H,53,56)/b54-45+. The molecule has 61 heavy (non-hydrogen) atoms. The molecular weight excluding hydrogens is 879 g/mol. The molecule has 0 bridgehead atoms. The molecule has 0 saturated heterocycles. The van der Waals surface area contributed by atoms with Gasteiger partial charge < -0.3 is 18.6 Å². The van der Waals surface area contributed by atoms with Crippen LogP contribution in [0.4, 0.5) is 15.3 Å². The fourth-order valence-corrected chi connectivity index (χ4v) is 9.41. The maximum atomic E-state index is 13.4. The second-order valence-electron chi connectivity index (χ2n) is 14.9. The summed E-state index contributed by atoms with van der Waals surface area (Å²) in [6.07, 6.45) is -1.34. The number of hydrogen-bond acceptors (Lipinski definition) is 7. The summed E-state index contributed by atoms with van der Waals surface area (Å²) in [5.41, 5.74) is 12.2. The third-order valence-corrected chi connectivity index (χ3v) is 12.4. The number of esters is 1. The van der Waals surface area contributed by atoms with E-state index in [1.54, 1.807) is 30.3 Å². The van der Waals surface area contributed by atoms with E-state index in [4.69, 9.17) is 18.6 Å². The molecule has 1 N–H and O–H groups in total. The highest BCUT2D eigenvalue weighted by Gasteiger charge is 2.31. The number of halogens is 1. The Bertz CT molecular complexity index is 3030. The molecule has 10 rings (SSSR count). The predicted molar refractivity (Wildman–Crippen MR) is 242 cm³/mol. The van der Waals surface area contributed by atoms with Gasteiger partial charge in [-0.05, 0) is 96.9 Å². The van der Waals surface area contributed by atoms with Gasteiger partial charge in [-0.1, -0.05) is 115 Å². The molecular formula is C51H35IN2O7. The van der Waals surface area contributed by atoms with Crippen LogP contribution >= 0.6 is 22.6 Å². The first-order valence-corrected chi connectivity index (χ1v) is 20.8. The van der Waals surface area contributed by atoms with E-state index in [-0.39, 0.29) is 25.0 Å². The molecule has 0 aromatic heterocycles. The highest BCUT2D eigenvalue weighted by atomic mass is 127. The fourth-order valence-electron chi connectivity index (χ4n) is 8.82. The van der Waals surface area contributed by atoms with Gasteiger partial charge in [0.15, 0.2) is 0 Å². The Labute approximate surface area is 364 Å². The molecule has 4 aliphatic rings. The van der Waals surface area contributed by atoms with Crippen LogP contribution in [0.1, 0.15) is 44.4 Å². The molecule has 0 atom stereocenters. The molecule has 10 heteroatoms. The van der Waals surface area contributed by atoms with E-state index in [2.05, 4.69) is 81.4 Å². The zero-order valence-corrected chi connectivity index (χ0v) is 34.8. The van der Waals surface area contributed by atoms with Crippen LogP contribution in [0.2, 0.25) is 0 Å². The molecule has 0 saturated carbocycles. The van der Waals surface area contributed by atoms with Crippen molar-refractivity contribution in [1.29, 1.82) is 0 Å². The summed E-state index contributed by atoms with van der Waals surface area (Å²) in [5.74, 6) is -0.310. The molecule has 2 amide bonds. The predicted octanol–water partition coefficient (Wildman–Crippen LogP) is 11.8. The number of anilines is 1. The Kier molecular flexibility index (Phi) is 9.92. The number of methoxy groups -OCH3 is 1. The molecule has 0 unspecified atom stereocenters. The van der Waals surface area contributed by atoms with Crippen molar-refractivity contribution >= 4 is 57.4 Å². The lowest BCUT2D eigenvalue weighted by molar-refractivity contribution is 0.0601. The molecule has 3 aliphatic carbocycles. The van der Waals surface area contributed by atoms with Crippen LogP contribution in [-0.4, -0.2) is 38.5 Å². The van der Waals surface area contributed by atoms with Gasteiger partial charge in [0, 0.05) is 49.7 Å². The monoisotopic (exact) mass is 914 g/mol. The lowest BCUT2D eigenvalue weighted by Gasteiger charge is -2.18. The SMILES string of the molecule is COC(=O)c1ccccc1-c1c2cc(I)/c(=N/C(=O)OCC3c4ccccc4-c4ccccc43)cc-2oc2cc(NC(=O)OCC3c4ccccc4-c4ccccc43)ccc12. The van der Waals surface area contributed by atoms with E-state index >= 15 is 0 Å². The smallest absolute Gasteiger partial charge is 0.434 e. The first kappa shape index (κ1) is 38.2. The van der Waals surface area contributed by atoms with Gasteiger partial charge >= 0.3 is 18.2 Å². The first-order valence-electron chi connectivity index (χ1n) is 19.8. The Hall–Kier alpha value is -7.05. The Morgan fingerprint density at radius 3 is 1.72 bits per heavy atom. The summed E-state index contributed by atoms with van der Waals surface area (Å²) in [6, 6.07) is 48.7. The van der Waals surface area contributed by atoms with E-state index in [1.807, 2.05) is 72.8 Å². The van der Waals surface area contributed by atoms with Crippen molar-refractivity contribution < 1.29 is 33.0 Å². The summed E-state index contributed by atoms with van der Waals surface area (Å²) < 4.78 is 24.1. The number of amides is 2. The Morgan fingerprint density at radius 1 is 0.623 bits per heavy atom. The van der Waals surface area contributed by atoms with E-state index in [0.29, 0.717) is 53.6 Å². The van der Waals surface area contributed by atoms with Crippen molar-refractivity contribution in [3.63, 3.8) is 0 Å². The summed E-state index contributed by atoms with van der Waals surface area (Å²) in [4.78, 5) is 44.3. The van der Waals surface area contributed by atoms with Crippen molar-refractivity contribution in [2.24, 2.45) is 4.99 Å². The van der Waals surface area contributed by atoms with Gasteiger partial charge in [0.1, 0.15) is 24.6 Å². The van der Waals surface area contributed by atoms with Gasteiger partial charge in [0.2, 0.25) is 0 Å². The normalized spacial score (nSPS) is 13.0. The summed E-state index contributed by atoms with van der Waals surface area (Å²) in [5, 5.41) is 3.91. The molecule has 6 aromatic rings. The number of benzene rings is 7. The van der Waals surface area contributed by atoms with Crippen molar-refractivity contribution in [2.45, 2.75) is 11.8 Å². The molecule has 0 spiro atoms. The lowest BCUT2D eigenvalue weighted by atomic mass is 9.90. The van der Waals surface area contributed by atoms with Gasteiger partial charge in [-0.25, -0.2) is 14.4 Å². The summed E-state index contributed by atoms with van der Waals surface area (Å²) in [7, 11) is 1.34. The minimum atomic E-state index is -0.731.